The molecule has 1 spiro atoms. The van der Waals surface area contributed by atoms with Crippen LogP contribution in [-0.4, -0.2) is 0 Å². The smallest absolute Gasteiger partial charge is 0.156 e. The normalized spacial score (nSPS) is 28.5. The van der Waals surface area contributed by atoms with Crippen molar-refractivity contribution in [1.29, 1.82) is 0 Å². The quantitative estimate of drug-likeness (QED) is 0.181. The summed E-state index contributed by atoms with van der Waals surface area (Å²) in [5.41, 5.74) is 15.3. The number of benzene rings is 5. The van der Waals surface area contributed by atoms with Crippen molar-refractivity contribution in [2.75, 3.05) is 4.90 Å². The zero-order valence-electron chi connectivity index (χ0n) is 36.3. The first-order valence-electron chi connectivity index (χ1n) is 22.8. The Morgan fingerprint density at radius 1 is 0.466 bits per heavy atom. The molecule has 0 N–H and O–H groups in total. The van der Waals surface area contributed by atoms with Crippen LogP contribution in [-0.2, 0) is 27.1 Å². The maximum Gasteiger partial charge on any atom is 0.156 e. The van der Waals surface area contributed by atoms with Crippen molar-refractivity contribution in [1.82, 2.24) is 0 Å². The molecule has 0 radical (unpaired) electrons. The molecular weight excluding hydrogens is 703 g/mol. The van der Waals surface area contributed by atoms with Gasteiger partial charge in [0.1, 0.15) is 5.75 Å². The molecule has 7 aliphatic rings. The summed E-state index contributed by atoms with van der Waals surface area (Å²) in [5.74, 6) is 5.15. The summed E-state index contributed by atoms with van der Waals surface area (Å²) in [7, 11) is 0. The number of ether oxygens (including phenoxy) is 1. The Kier molecular flexibility index (Phi) is 7.84. The van der Waals surface area contributed by atoms with Gasteiger partial charge in [0.05, 0.1) is 5.69 Å². The summed E-state index contributed by atoms with van der Waals surface area (Å²) in [6.45, 7) is 19.7. The number of fused-ring (bicyclic) bond motifs is 4. The maximum atomic E-state index is 7.56. The minimum atomic E-state index is -0.0447. The van der Waals surface area contributed by atoms with Crippen molar-refractivity contribution >= 4 is 17.1 Å². The molecule has 0 unspecified atom stereocenters. The van der Waals surface area contributed by atoms with Crippen LogP contribution in [0.1, 0.15) is 147 Å². The first kappa shape index (κ1) is 36.8. The van der Waals surface area contributed by atoms with Crippen molar-refractivity contribution in [3.63, 3.8) is 0 Å². The number of nitrogens with zero attached hydrogens (tertiary/aromatic N) is 1. The molecule has 1 aliphatic heterocycles. The second kappa shape index (κ2) is 12.4. The van der Waals surface area contributed by atoms with E-state index in [0.29, 0.717) is 11.8 Å². The molecule has 0 aromatic heterocycles. The van der Waals surface area contributed by atoms with Crippen LogP contribution < -0.4 is 9.64 Å². The highest BCUT2D eigenvalue weighted by molar-refractivity contribution is 5.94. The number of hydrogen-bond acceptors (Lipinski definition) is 2. The average molecular weight is 766 g/mol. The van der Waals surface area contributed by atoms with Gasteiger partial charge in [-0.25, -0.2) is 0 Å². The molecule has 5 aromatic rings. The molecule has 0 amide bonds. The standard InChI is InChI=1S/C56H63NO/c1-52(2)24-26-54(5,6)47-33-40(18-21-43(47)52)57(41-19-22-44-48(34-41)55(7,8)27-25-53(44,3)4)50-42(37-14-10-9-11-15-37)20-23-46-51(50)58-49-17-13-12-16-45(49)56(46)38-29-35-28-36(31-38)32-39(56)30-35/h9-23,33-36,38-39H,24-32H2,1-8H3. The minimum Gasteiger partial charge on any atom is -0.454 e. The zero-order valence-corrected chi connectivity index (χ0v) is 36.3. The summed E-state index contributed by atoms with van der Waals surface area (Å²) in [6.07, 6.45) is 11.6. The molecule has 2 heteroatoms. The average Bonchev–Trinajstić information content (AvgIpc) is 3.20. The van der Waals surface area contributed by atoms with Gasteiger partial charge in [0.25, 0.3) is 0 Å². The molecule has 0 saturated heterocycles. The molecule has 58 heavy (non-hydrogen) atoms. The Labute approximate surface area is 348 Å². The van der Waals surface area contributed by atoms with Gasteiger partial charge >= 0.3 is 0 Å². The lowest BCUT2D eigenvalue weighted by Crippen LogP contribution is -2.57. The Balaban J connectivity index is 1.24. The van der Waals surface area contributed by atoms with Crippen LogP contribution in [0.3, 0.4) is 0 Å². The predicted molar refractivity (Wildman–Crippen MR) is 241 cm³/mol. The third kappa shape index (κ3) is 5.21. The monoisotopic (exact) mass is 765 g/mol. The van der Waals surface area contributed by atoms with Crippen LogP contribution in [0, 0.1) is 23.7 Å². The topological polar surface area (TPSA) is 12.5 Å². The molecule has 6 aliphatic carbocycles. The van der Waals surface area contributed by atoms with Crippen molar-refractivity contribution < 1.29 is 4.74 Å². The minimum absolute atomic E-state index is 0.0447. The third-order valence-corrected chi connectivity index (χ3v) is 17.0. The van der Waals surface area contributed by atoms with Crippen LogP contribution in [0.5, 0.6) is 11.5 Å². The first-order valence-corrected chi connectivity index (χ1v) is 22.8. The molecule has 4 saturated carbocycles. The van der Waals surface area contributed by atoms with Crippen molar-refractivity contribution in [2.24, 2.45) is 23.7 Å². The van der Waals surface area contributed by atoms with E-state index in [9.17, 15) is 0 Å². The fourth-order valence-electron chi connectivity index (χ4n) is 13.9. The molecule has 4 bridgehead atoms. The predicted octanol–water partition coefficient (Wildman–Crippen LogP) is 15.4. The number of para-hydroxylation sites is 1. The van der Waals surface area contributed by atoms with E-state index in [4.69, 9.17) is 4.74 Å². The van der Waals surface area contributed by atoms with Crippen LogP contribution in [0.25, 0.3) is 11.1 Å². The van der Waals surface area contributed by atoms with Gasteiger partial charge in [0.15, 0.2) is 5.75 Å². The lowest BCUT2D eigenvalue weighted by Gasteiger charge is -2.63. The van der Waals surface area contributed by atoms with Gasteiger partial charge in [-0.15, -0.1) is 0 Å². The Hall–Kier alpha value is -4.30. The fourth-order valence-corrected chi connectivity index (χ4v) is 13.9. The SMILES string of the molecule is CC1(C)CCC(C)(C)c2cc(N(c3ccc4c(c3)C(C)(C)CCC4(C)C)c3c(-c4ccccc4)ccc4c3Oc3ccccc3C43C4CC5CC(C4)CC3C5)ccc21. The van der Waals surface area contributed by atoms with Gasteiger partial charge in [-0.3, -0.25) is 0 Å². The van der Waals surface area contributed by atoms with Crippen molar-refractivity contribution in [2.45, 2.75) is 140 Å². The van der Waals surface area contributed by atoms with Crippen LogP contribution >= 0.6 is 0 Å². The van der Waals surface area contributed by atoms with Gasteiger partial charge in [-0.2, -0.15) is 0 Å². The lowest BCUT2D eigenvalue weighted by molar-refractivity contribution is -0.0451. The molecule has 298 valence electrons. The van der Waals surface area contributed by atoms with Gasteiger partial charge in [-0.05, 0) is 161 Å². The lowest BCUT2D eigenvalue weighted by atomic mass is 9.41. The summed E-state index contributed by atoms with van der Waals surface area (Å²) in [6, 6.07) is 40.4. The van der Waals surface area contributed by atoms with E-state index >= 15 is 0 Å². The van der Waals surface area contributed by atoms with Gasteiger partial charge in [-0.1, -0.05) is 128 Å². The van der Waals surface area contributed by atoms with Gasteiger partial charge in [0, 0.05) is 33.5 Å². The zero-order chi connectivity index (χ0) is 40.0. The van der Waals surface area contributed by atoms with Crippen molar-refractivity contribution in [3.05, 3.63) is 137 Å². The Bertz CT molecular complexity index is 2350. The number of hydrogen-bond donors (Lipinski definition) is 0. The number of anilines is 3. The molecule has 4 fully saturated rings. The second-order valence-corrected chi connectivity index (χ2v) is 22.3. The maximum absolute atomic E-state index is 7.56. The molecule has 2 nitrogen and oxygen atoms in total. The fraction of sp³-hybridized carbons (Fsp3) is 0.464. The number of rotatable bonds is 4. The van der Waals surface area contributed by atoms with Crippen LogP contribution in [0.2, 0.25) is 0 Å². The molecule has 1 heterocycles. The Morgan fingerprint density at radius 2 is 0.948 bits per heavy atom. The third-order valence-electron chi connectivity index (χ3n) is 17.0. The molecule has 12 rings (SSSR count). The van der Waals surface area contributed by atoms with E-state index < -0.39 is 0 Å². The summed E-state index contributed by atoms with van der Waals surface area (Å²) >= 11 is 0. The molecular formula is C56H63NO. The highest BCUT2D eigenvalue weighted by Crippen LogP contribution is 2.70. The summed E-state index contributed by atoms with van der Waals surface area (Å²) < 4.78 is 7.56. The second-order valence-electron chi connectivity index (χ2n) is 22.3. The van der Waals surface area contributed by atoms with E-state index in [2.05, 4.69) is 163 Å². The molecule has 5 aromatic carbocycles. The van der Waals surface area contributed by atoms with E-state index in [1.165, 1.54) is 119 Å². The highest BCUT2D eigenvalue weighted by Gasteiger charge is 2.61. The van der Waals surface area contributed by atoms with E-state index in [0.717, 1.165) is 23.3 Å². The highest BCUT2D eigenvalue weighted by atomic mass is 16.5. The first-order chi connectivity index (χ1) is 27.7. The largest absolute Gasteiger partial charge is 0.454 e. The summed E-state index contributed by atoms with van der Waals surface area (Å²) in [5, 5.41) is 0. The van der Waals surface area contributed by atoms with Crippen LogP contribution in [0.15, 0.2) is 103 Å². The Morgan fingerprint density at radius 3 is 1.50 bits per heavy atom. The summed E-state index contributed by atoms with van der Waals surface area (Å²) in [4.78, 5) is 2.65. The van der Waals surface area contributed by atoms with Gasteiger partial charge < -0.3 is 9.64 Å². The van der Waals surface area contributed by atoms with E-state index in [1.54, 1.807) is 0 Å². The molecule has 0 atom stereocenters. The van der Waals surface area contributed by atoms with Gasteiger partial charge in [0.2, 0.25) is 0 Å². The van der Waals surface area contributed by atoms with E-state index in [1.807, 2.05) is 0 Å². The van der Waals surface area contributed by atoms with E-state index in [-0.39, 0.29) is 27.1 Å². The van der Waals surface area contributed by atoms with Crippen molar-refractivity contribution in [3.8, 4) is 22.6 Å². The van der Waals surface area contributed by atoms with Crippen LogP contribution in [0.4, 0.5) is 17.1 Å².